The molecule has 88 valence electrons. The quantitative estimate of drug-likeness (QED) is 0.549. The van der Waals surface area contributed by atoms with E-state index in [1.54, 1.807) is 0 Å². The molecular weight excluding hydrogens is 208 g/mol. The van der Waals surface area contributed by atoms with Gasteiger partial charge in [-0.3, -0.25) is 4.79 Å². The van der Waals surface area contributed by atoms with Crippen LogP contribution in [0.5, 0.6) is 0 Å². The van der Waals surface area contributed by atoms with E-state index in [0.717, 1.165) is 25.9 Å². The molecule has 0 unspecified atom stereocenters. The SMILES string of the molecule is CC1(NC(=O)c2c[nH]c(=O)[nH]2)CCNCC1. The Bertz CT molecular complexity index is 428. The molecule has 0 spiro atoms. The predicted molar refractivity (Wildman–Crippen MR) is 59.4 cm³/mol. The minimum Gasteiger partial charge on any atom is -0.345 e. The number of amides is 1. The molecule has 1 aliphatic rings. The first-order valence-electron chi connectivity index (χ1n) is 5.40. The molecule has 1 aromatic heterocycles. The van der Waals surface area contributed by atoms with Crippen molar-refractivity contribution < 1.29 is 4.79 Å². The first-order chi connectivity index (χ1) is 7.59. The number of imidazole rings is 1. The van der Waals surface area contributed by atoms with E-state index >= 15 is 0 Å². The normalized spacial score (nSPS) is 19.3. The van der Waals surface area contributed by atoms with Crippen LogP contribution in [-0.4, -0.2) is 34.5 Å². The Morgan fingerprint density at radius 1 is 1.44 bits per heavy atom. The molecule has 1 aromatic rings. The number of aromatic nitrogens is 2. The third-order valence-corrected chi connectivity index (χ3v) is 2.96. The van der Waals surface area contributed by atoms with E-state index < -0.39 is 0 Å². The first-order valence-corrected chi connectivity index (χ1v) is 5.40. The van der Waals surface area contributed by atoms with Crippen molar-refractivity contribution in [1.82, 2.24) is 20.6 Å². The molecule has 4 N–H and O–H groups in total. The summed E-state index contributed by atoms with van der Waals surface area (Å²) in [4.78, 5) is 27.5. The summed E-state index contributed by atoms with van der Waals surface area (Å²) in [5, 5.41) is 6.20. The zero-order valence-electron chi connectivity index (χ0n) is 9.22. The summed E-state index contributed by atoms with van der Waals surface area (Å²) in [5.74, 6) is -0.234. The summed E-state index contributed by atoms with van der Waals surface area (Å²) in [6.07, 6.45) is 3.18. The Labute approximate surface area is 92.8 Å². The molecule has 16 heavy (non-hydrogen) atoms. The highest BCUT2D eigenvalue weighted by Crippen LogP contribution is 2.17. The molecule has 2 rings (SSSR count). The molecule has 0 bridgehead atoms. The van der Waals surface area contributed by atoms with Gasteiger partial charge in [0.1, 0.15) is 5.69 Å². The number of rotatable bonds is 2. The second-order valence-corrected chi connectivity index (χ2v) is 4.42. The van der Waals surface area contributed by atoms with Crippen LogP contribution < -0.4 is 16.3 Å². The Morgan fingerprint density at radius 2 is 2.12 bits per heavy atom. The Morgan fingerprint density at radius 3 is 2.69 bits per heavy atom. The van der Waals surface area contributed by atoms with Gasteiger partial charge in [0, 0.05) is 11.7 Å². The second-order valence-electron chi connectivity index (χ2n) is 4.42. The third-order valence-electron chi connectivity index (χ3n) is 2.96. The smallest absolute Gasteiger partial charge is 0.323 e. The number of nitrogens with one attached hydrogen (secondary N) is 4. The van der Waals surface area contributed by atoms with Crippen molar-refractivity contribution in [3.8, 4) is 0 Å². The molecule has 2 heterocycles. The summed E-state index contributed by atoms with van der Waals surface area (Å²) in [5.41, 5.74) is -0.262. The van der Waals surface area contributed by atoms with Crippen LogP contribution >= 0.6 is 0 Å². The van der Waals surface area contributed by atoms with Gasteiger partial charge >= 0.3 is 5.69 Å². The molecule has 6 heteroatoms. The summed E-state index contributed by atoms with van der Waals surface area (Å²) in [6, 6.07) is 0. The number of hydrogen-bond donors (Lipinski definition) is 4. The van der Waals surface area contributed by atoms with Crippen molar-refractivity contribution in [3.05, 3.63) is 22.4 Å². The van der Waals surface area contributed by atoms with Crippen molar-refractivity contribution in [2.75, 3.05) is 13.1 Å². The standard InChI is InChI=1S/C10H16N4O2/c1-10(2-4-11-5-3-10)14-8(15)7-6-12-9(16)13-7/h6,11H,2-5H2,1H3,(H,14,15)(H2,12,13,16). The number of piperidine rings is 1. The molecule has 1 saturated heterocycles. The fraction of sp³-hybridized carbons (Fsp3) is 0.600. The molecule has 6 nitrogen and oxygen atoms in total. The molecule has 1 amide bonds. The minimum absolute atomic E-state index is 0.184. The van der Waals surface area contributed by atoms with Gasteiger partial charge in [-0.05, 0) is 32.9 Å². The zero-order valence-corrected chi connectivity index (χ0v) is 9.22. The first kappa shape index (κ1) is 10.9. The lowest BCUT2D eigenvalue weighted by Gasteiger charge is -2.34. The molecule has 0 radical (unpaired) electrons. The van der Waals surface area contributed by atoms with Gasteiger partial charge in [0.15, 0.2) is 0 Å². The highest BCUT2D eigenvalue weighted by Gasteiger charge is 2.28. The number of carbonyl (C=O) groups is 1. The lowest BCUT2D eigenvalue weighted by molar-refractivity contribution is 0.0882. The van der Waals surface area contributed by atoms with Crippen molar-refractivity contribution in [1.29, 1.82) is 0 Å². The van der Waals surface area contributed by atoms with Crippen LogP contribution in [0.25, 0.3) is 0 Å². The Hall–Kier alpha value is -1.56. The molecule has 1 aliphatic heterocycles. The van der Waals surface area contributed by atoms with Gasteiger partial charge < -0.3 is 20.6 Å². The summed E-state index contributed by atoms with van der Waals surface area (Å²) in [7, 11) is 0. The van der Waals surface area contributed by atoms with Crippen LogP contribution in [0, 0.1) is 0 Å². The van der Waals surface area contributed by atoms with Crippen LogP contribution in [0.4, 0.5) is 0 Å². The highest BCUT2D eigenvalue weighted by molar-refractivity contribution is 5.92. The van der Waals surface area contributed by atoms with Crippen LogP contribution in [-0.2, 0) is 0 Å². The minimum atomic E-state index is -0.361. The fourth-order valence-corrected chi connectivity index (χ4v) is 1.90. The lowest BCUT2D eigenvalue weighted by atomic mass is 9.90. The molecule has 0 saturated carbocycles. The van der Waals surface area contributed by atoms with E-state index in [0.29, 0.717) is 0 Å². The van der Waals surface area contributed by atoms with E-state index in [4.69, 9.17) is 0 Å². The van der Waals surface area contributed by atoms with E-state index in [2.05, 4.69) is 20.6 Å². The van der Waals surface area contributed by atoms with E-state index in [1.807, 2.05) is 6.92 Å². The van der Waals surface area contributed by atoms with Crippen LogP contribution in [0.15, 0.2) is 11.0 Å². The largest absolute Gasteiger partial charge is 0.345 e. The fourth-order valence-electron chi connectivity index (χ4n) is 1.90. The highest BCUT2D eigenvalue weighted by atomic mass is 16.2. The number of hydrogen-bond acceptors (Lipinski definition) is 3. The van der Waals surface area contributed by atoms with Gasteiger partial charge in [0.05, 0.1) is 0 Å². The average molecular weight is 224 g/mol. The lowest BCUT2D eigenvalue weighted by Crippen LogP contribution is -2.52. The maximum absolute atomic E-state index is 11.8. The number of H-pyrrole nitrogens is 2. The zero-order chi connectivity index (χ0) is 11.6. The monoisotopic (exact) mass is 224 g/mol. The number of carbonyl (C=O) groups excluding carboxylic acids is 1. The number of aromatic amines is 2. The van der Waals surface area contributed by atoms with Gasteiger partial charge in [0.2, 0.25) is 0 Å². The summed E-state index contributed by atoms with van der Waals surface area (Å²) in [6.45, 7) is 3.83. The molecule has 0 aliphatic carbocycles. The molecule has 0 atom stereocenters. The predicted octanol–water partition coefficient (Wildman–Crippen LogP) is -0.425. The van der Waals surface area contributed by atoms with Crippen LogP contribution in [0.2, 0.25) is 0 Å². The molecule has 1 fully saturated rings. The van der Waals surface area contributed by atoms with Gasteiger partial charge in [0.25, 0.3) is 5.91 Å². The van der Waals surface area contributed by atoms with Crippen LogP contribution in [0.1, 0.15) is 30.3 Å². The van der Waals surface area contributed by atoms with Gasteiger partial charge in [-0.25, -0.2) is 4.79 Å². The topological polar surface area (TPSA) is 89.8 Å². The van der Waals surface area contributed by atoms with E-state index in [-0.39, 0.29) is 22.8 Å². The Balaban J connectivity index is 2.04. The molecule has 0 aromatic carbocycles. The molecular formula is C10H16N4O2. The summed E-state index contributed by atoms with van der Waals surface area (Å²) < 4.78 is 0. The maximum Gasteiger partial charge on any atom is 0.323 e. The van der Waals surface area contributed by atoms with Crippen molar-refractivity contribution >= 4 is 5.91 Å². The van der Waals surface area contributed by atoms with E-state index in [9.17, 15) is 9.59 Å². The van der Waals surface area contributed by atoms with Crippen molar-refractivity contribution in [3.63, 3.8) is 0 Å². The third kappa shape index (κ3) is 2.33. The van der Waals surface area contributed by atoms with Crippen molar-refractivity contribution in [2.45, 2.75) is 25.3 Å². The van der Waals surface area contributed by atoms with E-state index in [1.165, 1.54) is 6.20 Å². The van der Waals surface area contributed by atoms with Gasteiger partial charge in [-0.2, -0.15) is 0 Å². The van der Waals surface area contributed by atoms with Crippen molar-refractivity contribution in [2.24, 2.45) is 0 Å². The Kier molecular flexibility index (Phi) is 2.82. The average Bonchev–Trinajstić information content (AvgIpc) is 2.65. The summed E-state index contributed by atoms with van der Waals surface area (Å²) >= 11 is 0. The van der Waals surface area contributed by atoms with Gasteiger partial charge in [-0.1, -0.05) is 0 Å². The second kappa shape index (κ2) is 4.13. The van der Waals surface area contributed by atoms with Crippen LogP contribution in [0.3, 0.4) is 0 Å². The van der Waals surface area contributed by atoms with Gasteiger partial charge in [-0.15, -0.1) is 0 Å². The maximum atomic E-state index is 11.8.